The van der Waals surface area contributed by atoms with Gasteiger partial charge in [0.05, 0.1) is 0 Å². The summed E-state index contributed by atoms with van der Waals surface area (Å²) in [6, 6.07) is 0. The number of ether oxygens (including phenoxy) is 1. The maximum Gasteiger partial charge on any atom is 1.00 e. The number of hydrogen-bond acceptors (Lipinski definition) is 2. The van der Waals surface area contributed by atoms with E-state index in [1.165, 1.54) is 167 Å². The molecular weight excluding hydrogens is 526 g/mol. The third-order valence-corrected chi connectivity index (χ3v) is 8.13. The molecule has 244 valence electrons. The number of unbranched alkanes of at least 4 members (excludes halogenated alkanes) is 21. The summed E-state index contributed by atoms with van der Waals surface area (Å²) in [5.74, 6) is 0.808. The molecule has 0 amide bonds. The van der Waals surface area contributed by atoms with E-state index in [4.69, 9.17) is 4.74 Å². The van der Waals surface area contributed by atoms with Gasteiger partial charge in [-0.15, -0.1) is 0 Å². The molecule has 0 saturated heterocycles. The Bertz CT molecular complexity index is 384. The molecule has 0 aromatic heterocycles. The molecule has 0 atom stereocenters. The van der Waals surface area contributed by atoms with Crippen molar-refractivity contribution in [3.63, 3.8) is 0 Å². The molecule has 0 saturated carbocycles. The van der Waals surface area contributed by atoms with Crippen LogP contribution in [-0.4, -0.2) is 26.3 Å². The normalized spacial score (nSPS) is 11.0. The van der Waals surface area contributed by atoms with Crippen LogP contribution in [0, 0.1) is 19.8 Å². The molecule has 0 rings (SSSR count). The van der Waals surface area contributed by atoms with Crippen molar-refractivity contribution in [3.05, 3.63) is 13.8 Å². The minimum atomic E-state index is 0. The zero-order chi connectivity index (χ0) is 29.6. The standard InChI is InChI=1S/C29H60NO.C9H19.K/c1-4-7-9-11-15-19-23-29(24-20-16-12-10-8-5-2)28-31-27-22-18-14-13-17-21-26-30-25-6-3;1-3-5-7-9-8-6-4-2;/h29-30H,3-28H2,1-2H3;1,3-9H2,2H3;/q2*-1;+1. The van der Waals surface area contributed by atoms with Crippen molar-refractivity contribution < 1.29 is 56.1 Å². The Hall–Kier alpha value is 1.56. The van der Waals surface area contributed by atoms with Crippen molar-refractivity contribution in [1.29, 1.82) is 0 Å². The van der Waals surface area contributed by atoms with Gasteiger partial charge >= 0.3 is 51.4 Å². The van der Waals surface area contributed by atoms with E-state index in [0.717, 1.165) is 45.1 Å². The average molecular weight is 605 g/mol. The van der Waals surface area contributed by atoms with Crippen LogP contribution in [0.2, 0.25) is 0 Å². The maximum atomic E-state index is 6.14. The summed E-state index contributed by atoms with van der Waals surface area (Å²) in [5.41, 5.74) is 0. The van der Waals surface area contributed by atoms with E-state index in [-0.39, 0.29) is 51.4 Å². The molecular formula is C38H79KNO-. The summed E-state index contributed by atoms with van der Waals surface area (Å²) in [4.78, 5) is 0. The van der Waals surface area contributed by atoms with Gasteiger partial charge in [-0.1, -0.05) is 162 Å². The van der Waals surface area contributed by atoms with Crippen LogP contribution in [0.4, 0.5) is 0 Å². The van der Waals surface area contributed by atoms with Gasteiger partial charge in [0.25, 0.3) is 0 Å². The van der Waals surface area contributed by atoms with E-state index in [0.29, 0.717) is 0 Å². The summed E-state index contributed by atoms with van der Waals surface area (Å²) in [5, 5.41) is 3.44. The van der Waals surface area contributed by atoms with Crippen LogP contribution in [0.3, 0.4) is 0 Å². The van der Waals surface area contributed by atoms with Crippen LogP contribution in [0.1, 0.15) is 201 Å². The quantitative estimate of drug-likeness (QED) is 0.0457. The van der Waals surface area contributed by atoms with Crippen molar-refractivity contribution in [2.45, 2.75) is 201 Å². The van der Waals surface area contributed by atoms with E-state index in [1.54, 1.807) is 0 Å². The molecule has 0 radical (unpaired) electrons. The van der Waals surface area contributed by atoms with Gasteiger partial charge in [-0.2, -0.15) is 12.8 Å². The second kappa shape index (κ2) is 46.0. The smallest absolute Gasteiger partial charge is 0.381 e. The van der Waals surface area contributed by atoms with Gasteiger partial charge in [0, 0.05) is 13.2 Å². The van der Waals surface area contributed by atoms with Gasteiger partial charge in [0.1, 0.15) is 0 Å². The first kappa shape index (κ1) is 47.0. The summed E-state index contributed by atoms with van der Waals surface area (Å²) >= 11 is 0. The minimum Gasteiger partial charge on any atom is -0.381 e. The average Bonchev–Trinajstić information content (AvgIpc) is 2.97. The Morgan fingerprint density at radius 1 is 0.463 bits per heavy atom. The topological polar surface area (TPSA) is 21.3 Å². The minimum absolute atomic E-state index is 0. The third-order valence-electron chi connectivity index (χ3n) is 8.13. The monoisotopic (exact) mass is 605 g/mol. The SMILES string of the molecule is [CH2-]CCCCCCCC.[CH2-]CCNCCCCCCCCOCC(CCCCCCCC)CCCCCCCC.[K+]. The van der Waals surface area contributed by atoms with Crippen LogP contribution in [-0.2, 0) is 4.74 Å². The fourth-order valence-electron chi connectivity index (χ4n) is 5.36. The van der Waals surface area contributed by atoms with Gasteiger partial charge in [-0.3, -0.25) is 0 Å². The fourth-order valence-corrected chi connectivity index (χ4v) is 5.36. The first-order valence-corrected chi connectivity index (χ1v) is 18.6. The Labute approximate surface area is 305 Å². The van der Waals surface area contributed by atoms with E-state index >= 15 is 0 Å². The molecule has 0 heterocycles. The van der Waals surface area contributed by atoms with Crippen LogP contribution in [0.5, 0.6) is 0 Å². The Balaban J connectivity index is -0.00000123. The van der Waals surface area contributed by atoms with Crippen molar-refractivity contribution in [2.75, 3.05) is 26.3 Å². The van der Waals surface area contributed by atoms with Crippen LogP contribution in [0.25, 0.3) is 0 Å². The fraction of sp³-hybridized carbons (Fsp3) is 0.947. The second-order valence-corrected chi connectivity index (χ2v) is 12.4. The van der Waals surface area contributed by atoms with Gasteiger partial charge in [-0.25, -0.2) is 0 Å². The molecule has 0 unspecified atom stereocenters. The molecule has 1 N–H and O–H groups in total. The van der Waals surface area contributed by atoms with Crippen LogP contribution >= 0.6 is 0 Å². The molecule has 3 heteroatoms. The summed E-state index contributed by atoms with van der Waals surface area (Å²) in [7, 11) is 0. The van der Waals surface area contributed by atoms with Crippen molar-refractivity contribution in [2.24, 2.45) is 5.92 Å². The predicted molar refractivity (Wildman–Crippen MR) is 184 cm³/mol. The Kier molecular flexibility index (Phi) is 52.7. The van der Waals surface area contributed by atoms with Crippen molar-refractivity contribution in [1.82, 2.24) is 5.32 Å². The van der Waals surface area contributed by atoms with Crippen LogP contribution < -0.4 is 56.7 Å². The van der Waals surface area contributed by atoms with E-state index in [1.807, 2.05) is 0 Å². The summed E-state index contributed by atoms with van der Waals surface area (Å²) in [6.07, 6.45) is 38.2. The summed E-state index contributed by atoms with van der Waals surface area (Å²) in [6.45, 7) is 18.7. The van der Waals surface area contributed by atoms with Crippen LogP contribution in [0.15, 0.2) is 0 Å². The molecule has 0 aromatic carbocycles. The van der Waals surface area contributed by atoms with E-state index < -0.39 is 0 Å². The zero-order valence-electron chi connectivity index (χ0n) is 29.5. The molecule has 0 fully saturated rings. The molecule has 0 aliphatic rings. The number of rotatable bonds is 33. The molecule has 0 aromatic rings. The van der Waals surface area contributed by atoms with Gasteiger partial charge in [0.15, 0.2) is 0 Å². The Morgan fingerprint density at radius 3 is 1.34 bits per heavy atom. The summed E-state index contributed by atoms with van der Waals surface area (Å²) < 4.78 is 6.14. The van der Waals surface area contributed by atoms with Gasteiger partial charge < -0.3 is 23.9 Å². The number of hydrogen-bond donors (Lipinski definition) is 1. The predicted octanol–water partition coefficient (Wildman–Crippen LogP) is 9.85. The second-order valence-electron chi connectivity index (χ2n) is 12.4. The molecule has 0 aliphatic heterocycles. The first-order valence-electron chi connectivity index (χ1n) is 18.6. The van der Waals surface area contributed by atoms with Gasteiger partial charge in [0.2, 0.25) is 0 Å². The third kappa shape index (κ3) is 46.1. The Morgan fingerprint density at radius 2 is 0.878 bits per heavy atom. The van der Waals surface area contributed by atoms with Gasteiger partial charge in [-0.05, 0) is 44.7 Å². The molecule has 41 heavy (non-hydrogen) atoms. The molecule has 0 spiro atoms. The largest absolute Gasteiger partial charge is 1.00 e. The molecule has 0 bridgehead atoms. The molecule has 0 aliphatic carbocycles. The maximum absolute atomic E-state index is 6.14. The van der Waals surface area contributed by atoms with Crippen molar-refractivity contribution in [3.8, 4) is 0 Å². The molecule has 2 nitrogen and oxygen atoms in total. The van der Waals surface area contributed by atoms with E-state index in [2.05, 4.69) is 39.9 Å². The van der Waals surface area contributed by atoms with Crippen molar-refractivity contribution >= 4 is 0 Å². The number of nitrogens with one attached hydrogen (secondary N) is 1. The zero-order valence-corrected chi connectivity index (χ0v) is 32.7. The van der Waals surface area contributed by atoms with E-state index in [9.17, 15) is 0 Å². The first-order chi connectivity index (χ1) is 19.8.